The van der Waals surface area contributed by atoms with Crippen molar-refractivity contribution in [3.8, 4) is 0 Å². The van der Waals surface area contributed by atoms with Crippen LogP contribution in [0.1, 0.15) is 5.56 Å². The lowest BCUT2D eigenvalue weighted by molar-refractivity contribution is 0.874. The standard InChI is InChI=1S/C20H20Cl2N4.ClH/c21-9-11-26(12-10-22)19-7-5-16(6-8-19)14-24-25-18-13-17-3-1-2-4-20(17)23-15-18;/h1-8,13-15,25H,9-12H2;1H/b24-14+;. The third-order valence-electron chi connectivity index (χ3n) is 3.96. The van der Waals surface area contributed by atoms with Crippen LogP contribution in [0.3, 0.4) is 0 Å². The quantitative estimate of drug-likeness (QED) is 0.300. The van der Waals surface area contributed by atoms with Crippen LogP contribution in [0.5, 0.6) is 0 Å². The minimum absolute atomic E-state index is 0. The van der Waals surface area contributed by atoms with Gasteiger partial charge in [0.25, 0.3) is 0 Å². The summed E-state index contributed by atoms with van der Waals surface area (Å²) in [6.07, 6.45) is 3.56. The van der Waals surface area contributed by atoms with Crippen LogP contribution >= 0.6 is 35.6 Å². The number of hydrogen-bond acceptors (Lipinski definition) is 4. The molecule has 0 radical (unpaired) electrons. The number of anilines is 2. The van der Waals surface area contributed by atoms with Gasteiger partial charge in [0.2, 0.25) is 0 Å². The number of benzene rings is 2. The number of halogens is 3. The van der Waals surface area contributed by atoms with Crippen LogP contribution in [-0.2, 0) is 0 Å². The van der Waals surface area contributed by atoms with Crippen LogP contribution < -0.4 is 10.3 Å². The van der Waals surface area contributed by atoms with Crippen LogP contribution in [0.25, 0.3) is 10.9 Å². The Hall–Kier alpha value is -2.01. The Kier molecular flexibility index (Phi) is 8.65. The molecule has 0 aliphatic heterocycles. The summed E-state index contributed by atoms with van der Waals surface area (Å²) in [5.74, 6) is 1.15. The molecular formula is C20H21Cl3N4. The number of nitrogens with zero attached hydrogens (tertiary/aromatic N) is 3. The largest absolute Gasteiger partial charge is 0.369 e. The maximum Gasteiger partial charge on any atom is 0.0751 e. The molecule has 1 N–H and O–H groups in total. The molecule has 0 aliphatic rings. The van der Waals surface area contributed by atoms with Crippen molar-refractivity contribution in [1.29, 1.82) is 0 Å². The lowest BCUT2D eigenvalue weighted by Gasteiger charge is -2.22. The molecule has 27 heavy (non-hydrogen) atoms. The van der Waals surface area contributed by atoms with Gasteiger partial charge in [-0.05, 0) is 29.8 Å². The second kappa shape index (κ2) is 11.0. The number of para-hydroxylation sites is 1. The van der Waals surface area contributed by atoms with Crippen molar-refractivity contribution in [3.05, 3.63) is 66.4 Å². The molecule has 4 nitrogen and oxygen atoms in total. The van der Waals surface area contributed by atoms with Gasteiger partial charge < -0.3 is 4.90 Å². The molecule has 3 rings (SSSR count). The average molecular weight is 424 g/mol. The van der Waals surface area contributed by atoms with Gasteiger partial charge in [0, 0.05) is 35.9 Å². The highest BCUT2D eigenvalue weighted by Gasteiger charge is 2.04. The van der Waals surface area contributed by atoms with Crippen LogP contribution in [0, 0.1) is 0 Å². The first kappa shape index (κ1) is 21.3. The lowest BCUT2D eigenvalue weighted by atomic mass is 10.2. The van der Waals surface area contributed by atoms with Crippen molar-refractivity contribution in [3.63, 3.8) is 0 Å². The van der Waals surface area contributed by atoms with Gasteiger partial charge in [-0.3, -0.25) is 10.4 Å². The van der Waals surface area contributed by atoms with Gasteiger partial charge in [-0.1, -0.05) is 30.3 Å². The molecule has 0 saturated heterocycles. The van der Waals surface area contributed by atoms with Gasteiger partial charge in [0.1, 0.15) is 0 Å². The first-order valence-electron chi connectivity index (χ1n) is 8.41. The highest BCUT2D eigenvalue weighted by atomic mass is 35.5. The molecule has 0 bridgehead atoms. The number of hydrogen-bond donors (Lipinski definition) is 1. The summed E-state index contributed by atoms with van der Waals surface area (Å²) in [5.41, 5.74) is 6.96. The molecule has 0 amide bonds. The first-order chi connectivity index (χ1) is 12.8. The van der Waals surface area contributed by atoms with E-state index in [1.54, 1.807) is 12.4 Å². The summed E-state index contributed by atoms with van der Waals surface area (Å²) in [5, 5.41) is 5.37. The summed E-state index contributed by atoms with van der Waals surface area (Å²) >= 11 is 11.7. The molecule has 0 aliphatic carbocycles. The summed E-state index contributed by atoms with van der Waals surface area (Å²) in [6.45, 7) is 1.55. The van der Waals surface area contributed by atoms with Crippen molar-refractivity contribution < 1.29 is 0 Å². The Morgan fingerprint density at radius 2 is 1.70 bits per heavy atom. The lowest BCUT2D eigenvalue weighted by Crippen LogP contribution is -2.27. The first-order valence-corrected chi connectivity index (χ1v) is 9.48. The SMILES string of the molecule is Cl.ClCCN(CCCl)c1ccc(/C=N/Nc2cnc3ccccc3c2)cc1. The molecule has 0 fully saturated rings. The summed E-state index contributed by atoms with van der Waals surface area (Å²) < 4.78 is 0. The fourth-order valence-corrected chi connectivity index (χ4v) is 3.07. The Morgan fingerprint density at radius 3 is 2.41 bits per heavy atom. The number of fused-ring (bicyclic) bond motifs is 1. The van der Waals surface area contributed by atoms with Crippen molar-refractivity contribution in [1.82, 2.24) is 4.98 Å². The maximum atomic E-state index is 5.86. The van der Waals surface area contributed by atoms with E-state index in [9.17, 15) is 0 Å². The fourth-order valence-electron chi connectivity index (χ4n) is 2.66. The van der Waals surface area contributed by atoms with Crippen molar-refractivity contribution in [2.75, 3.05) is 35.2 Å². The van der Waals surface area contributed by atoms with E-state index in [-0.39, 0.29) is 12.4 Å². The molecule has 1 aromatic heterocycles. The number of rotatable bonds is 8. The Balaban J connectivity index is 0.00000261. The average Bonchev–Trinajstić information content (AvgIpc) is 2.68. The Bertz CT molecular complexity index is 862. The van der Waals surface area contributed by atoms with Crippen LogP contribution in [0.15, 0.2) is 65.9 Å². The van der Waals surface area contributed by atoms with Crippen molar-refractivity contribution >= 4 is 64.1 Å². The van der Waals surface area contributed by atoms with Crippen LogP contribution in [0.2, 0.25) is 0 Å². The van der Waals surface area contributed by atoms with E-state index in [1.807, 2.05) is 42.5 Å². The number of alkyl halides is 2. The number of nitrogens with one attached hydrogen (secondary N) is 1. The zero-order chi connectivity index (χ0) is 18.2. The Morgan fingerprint density at radius 1 is 1.00 bits per heavy atom. The molecule has 3 aromatic rings. The van der Waals surface area contributed by atoms with Crippen LogP contribution in [-0.4, -0.2) is 36.0 Å². The molecule has 0 spiro atoms. The predicted octanol–water partition coefficient (Wildman–Crippen LogP) is 5.39. The van der Waals surface area contributed by atoms with Gasteiger partial charge >= 0.3 is 0 Å². The summed E-state index contributed by atoms with van der Waals surface area (Å²) in [4.78, 5) is 6.58. The smallest absolute Gasteiger partial charge is 0.0751 e. The molecular weight excluding hydrogens is 403 g/mol. The van der Waals surface area contributed by atoms with E-state index < -0.39 is 0 Å². The van der Waals surface area contributed by atoms with E-state index >= 15 is 0 Å². The highest BCUT2D eigenvalue weighted by molar-refractivity contribution is 6.18. The predicted molar refractivity (Wildman–Crippen MR) is 120 cm³/mol. The van der Waals surface area contributed by atoms with Gasteiger partial charge in [-0.25, -0.2) is 0 Å². The number of pyridine rings is 1. The van der Waals surface area contributed by atoms with E-state index in [4.69, 9.17) is 23.2 Å². The van der Waals surface area contributed by atoms with E-state index in [2.05, 4.69) is 32.5 Å². The minimum Gasteiger partial charge on any atom is -0.369 e. The van der Waals surface area contributed by atoms with E-state index in [0.29, 0.717) is 11.8 Å². The molecule has 142 valence electrons. The third-order valence-corrected chi connectivity index (χ3v) is 4.30. The molecule has 0 atom stereocenters. The van der Waals surface area contributed by atoms with Gasteiger partial charge in [0.05, 0.1) is 23.6 Å². The van der Waals surface area contributed by atoms with Gasteiger partial charge in [-0.2, -0.15) is 5.10 Å². The fraction of sp³-hybridized carbons (Fsp3) is 0.200. The van der Waals surface area contributed by atoms with Crippen molar-refractivity contribution in [2.45, 2.75) is 0 Å². The molecule has 7 heteroatoms. The van der Waals surface area contributed by atoms with E-state index in [0.717, 1.165) is 40.9 Å². The Labute approximate surface area is 175 Å². The van der Waals surface area contributed by atoms with Gasteiger partial charge in [0.15, 0.2) is 0 Å². The summed E-state index contributed by atoms with van der Waals surface area (Å²) in [7, 11) is 0. The maximum absolute atomic E-state index is 5.86. The second-order valence-electron chi connectivity index (χ2n) is 5.74. The zero-order valence-electron chi connectivity index (χ0n) is 14.7. The normalized spacial score (nSPS) is 10.7. The number of aromatic nitrogens is 1. The zero-order valence-corrected chi connectivity index (χ0v) is 17.0. The molecule has 0 saturated carbocycles. The molecule has 0 unspecified atom stereocenters. The summed E-state index contributed by atoms with van der Waals surface area (Å²) in [6, 6.07) is 18.2. The minimum atomic E-state index is 0. The second-order valence-corrected chi connectivity index (χ2v) is 6.50. The van der Waals surface area contributed by atoms with Crippen molar-refractivity contribution in [2.24, 2.45) is 5.10 Å². The molecule has 2 aromatic carbocycles. The van der Waals surface area contributed by atoms with E-state index in [1.165, 1.54) is 0 Å². The highest BCUT2D eigenvalue weighted by Crippen LogP contribution is 2.17. The third kappa shape index (κ3) is 5.99. The topological polar surface area (TPSA) is 40.5 Å². The number of hydrazone groups is 1. The molecule has 1 heterocycles. The monoisotopic (exact) mass is 422 g/mol. The van der Waals surface area contributed by atoms with Crippen LogP contribution in [0.4, 0.5) is 11.4 Å². The van der Waals surface area contributed by atoms with Gasteiger partial charge in [-0.15, -0.1) is 35.6 Å².